The van der Waals surface area contributed by atoms with Crippen LogP contribution in [0.25, 0.3) is 11.4 Å². The first-order valence-corrected chi connectivity index (χ1v) is 9.39. The maximum Gasteiger partial charge on any atom is 0.422 e. The molecule has 3 aromatic rings. The molecule has 1 aromatic carbocycles. The van der Waals surface area contributed by atoms with E-state index in [1.54, 1.807) is 6.92 Å². The summed E-state index contributed by atoms with van der Waals surface area (Å²) in [5.74, 6) is -2.63. The minimum absolute atomic E-state index is 0.0795. The van der Waals surface area contributed by atoms with E-state index in [0.717, 1.165) is 6.07 Å². The zero-order valence-corrected chi connectivity index (χ0v) is 17.6. The molecule has 0 bridgehead atoms. The van der Waals surface area contributed by atoms with E-state index in [1.165, 1.54) is 18.7 Å². The number of rotatable bonds is 6. The zero-order valence-electron chi connectivity index (χ0n) is 16.9. The quantitative estimate of drug-likeness (QED) is 0.468. The normalized spacial score (nSPS) is 12.7. The topological polar surface area (TPSA) is 118 Å². The van der Waals surface area contributed by atoms with E-state index in [0.29, 0.717) is 11.8 Å². The number of alkyl halides is 3. The zero-order chi connectivity index (χ0) is 23.8. The number of hydrogen-bond donors (Lipinski definition) is 3. The molecule has 32 heavy (non-hydrogen) atoms. The molecule has 2 aromatic heterocycles. The minimum atomic E-state index is -4.71. The Balaban J connectivity index is 2.05. The van der Waals surface area contributed by atoms with Crippen molar-refractivity contribution < 1.29 is 32.2 Å². The first-order chi connectivity index (χ1) is 14.9. The van der Waals surface area contributed by atoms with Gasteiger partial charge in [-0.25, -0.2) is 9.37 Å². The second-order valence-corrected chi connectivity index (χ2v) is 7.15. The summed E-state index contributed by atoms with van der Waals surface area (Å²) < 4.78 is 59.1. The summed E-state index contributed by atoms with van der Waals surface area (Å²) in [6.45, 7) is 1.24. The van der Waals surface area contributed by atoms with Crippen LogP contribution in [0.4, 0.5) is 23.2 Å². The van der Waals surface area contributed by atoms with E-state index in [-0.39, 0.29) is 28.1 Å². The third-order valence-corrected chi connectivity index (χ3v) is 4.53. The summed E-state index contributed by atoms with van der Waals surface area (Å²) >= 11 is 5.87. The van der Waals surface area contributed by atoms with Crippen molar-refractivity contribution in [2.75, 3.05) is 11.9 Å². The third kappa shape index (κ3) is 4.99. The number of halogens is 5. The Labute approximate surface area is 183 Å². The lowest BCUT2D eigenvalue weighted by atomic mass is 10.1. The van der Waals surface area contributed by atoms with Gasteiger partial charge in [0.15, 0.2) is 23.4 Å². The highest BCUT2D eigenvalue weighted by Crippen LogP contribution is 2.32. The number of nitrogens with one attached hydrogen (secondary N) is 2. The van der Waals surface area contributed by atoms with Crippen LogP contribution in [0.5, 0.6) is 5.75 Å². The van der Waals surface area contributed by atoms with Crippen LogP contribution in [0, 0.1) is 12.7 Å². The fourth-order valence-corrected chi connectivity index (χ4v) is 3.01. The van der Waals surface area contributed by atoms with Gasteiger partial charge in [0.25, 0.3) is 5.91 Å². The van der Waals surface area contributed by atoms with Gasteiger partial charge in [-0.3, -0.25) is 14.6 Å². The first kappa shape index (κ1) is 23.5. The minimum Gasteiger partial charge on any atom is -0.483 e. The number of aromatic nitrogens is 5. The van der Waals surface area contributed by atoms with Gasteiger partial charge in [-0.1, -0.05) is 11.6 Å². The lowest BCUT2D eigenvalue weighted by molar-refractivity contribution is -0.153. The van der Waals surface area contributed by atoms with Crippen LogP contribution >= 0.6 is 11.6 Å². The standard InChI is InChI=1S/C18H17ClF4N6O3/c1-7-13(14(19)27-26-7)24-17(31)10-4-11(20)9(5-12(10)32-6-18(21,22)23)15-25-16(8(2)30)29(3)28-15/h4-5,8,30H,6H2,1-3H3,(H,24,31)(H,26,27). The van der Waals surface area contributed by atoms with Crippen molar-refractivity contribution in [3.05, 3.63) is 40.2 Å². The smallest absolute Gasteiger partial charge is 0.422 e. The van der Waals surface area contributed by atoms with Gasteiger partial charge in [0.2, 0.25) is 0 Å². The summed E-state index contributed by atoms with van der Waals surface area (Å²) in [5, 5.41) is 22.2. The molecule has 1 atom stereocenters. The number of aliphatic hydroxyl groups excluding tert-OH is 1. The van der Waals surface area contributed by atoms with E-state index >= 15 is 0 Å². The van der Waals surface area contributed by atoms with E-state index in [1.807, 2.05) is 0 Å². The number of nitrogens with zero attached hydrogens (tertiary/aromatic N) is 4. The van der Waals surface area contributed by atoms with E-state index in [4.69, 9.17) is 16.3 Å². The van der Waals surface area contributed by atoms with Gasteiger partial charge in [0.05, 0.1) is 16.8 Å². The lowest BCUT2D eigenvalue weighted by Crippen LogP contribution is -2.21. The molecule has 3 N–H and O–H groups in total. The maximum atomic E-state index is 14.9. The number of anilines is 1. The summed E-state index contributed by atoms with van der Waals surface area (Å²) in [6.07, 6.45) is -5.74. The number of amides is 1. The number of ether oxygens (including phenoxy) is 1. The Morgan fingerprint density at radius 2 is 2.09 bits per heavy atom. The lowest BCUT2D eigenvalue weighted by Gasteiger charge is -2.15. The molecule has 0 spiro atoms. The molecule has 0 saturated carbocycles. The molecule has 2 heterocycles. The molecule has 0 aliphatic carbocycles. The molecule has 1 amide bonds. The monoisotopic (exact) mass is 476 g/mol. The highest BCUT2D eigenvalue weighted by Gasteiger charge is 2.30. The number of H-pyrrole nitrogens is 1. The van der Waals surface area contributed by atoms with Gasteiger partial charge < -0.3 is 15.2 Å². The average Bonchev–Trinajstić information content (AvgIpc) is 3.23. The predicted octanol–water partition coefficient (Wildman–Crippen LogP) is 3.55. The van der Waals surface area contributed by atoms with E-state index < -0.39 is 41.9 Å². The summed E-state index contributed by atoms with van der Waals surface area (Å²) in [7, 11) is 1.45. The largest absolute Gasteiger partial charge is 0.483 e. The van der Waals surface area contributed by atoms with Crippen LogP contribution in [0.15, 0.2) is 12.1 Å². The van der Waals surface area contributed by atoms with Crippen LogP contribution < -0.4 is 10.1 Å². The highest BCUT2D eigenvalue weighted by molar-refractivity contribution is 6.33. The molecular formula is C18H17ClF4N6O3. The molecule has 0 saturated heterocycles. The van der Waals surface area contributed by atoms with Crippen LogP contribution in [0.1, 0.15) is 34.9 Å². The second kappa shape index (κ2) is 8.74. The first-order valence-electron chi connectivity index (χ1n) is 9.01. The van der Waals surface area contributed by atoms with Crippen molar-refractivity contribution in [1.29, 1.82) is 0 Å². The Morgan fingerprint density at radius 1 is 1.41 bits per heavy atom. The van der Waals surface area contributed by atoms with Crippen LogP contribution in [0.2, 0.25) is 5.15 Å². The van der Waals surface area contributed by atoms with E-state index in [9.17, 15) is 27.5 Å². The number of aryl methyl sites for hydroxylation is 2. The number of carbonyl (C=O) groups is 1. The molecular weight excluding hydrogens is 460 g/mol. The van der Waals surface area contributed by atoms with E-state index in [2.05, 4.69) is 25.6 Å². The third-order valence-electron chi connectivity index (χ3n) is 4.26. The maximum absolute atomic E-state index is 14.9. The van der Waals surface area contributed by atoms with Gasteiger partial charge in [0.1, 0.15) is 23.4 Å². The molecule has 9 nitrogen and oxygen atoms in total. The summed E-state index contributed by atoms with van der Waals surface area (Å²) in [6, 6.07) is 1.60. The van der Waals surface area contributed by atoms with Crippen molar-refractivity contribution in [1.82, 2.24) is 25.0 Å². The van der Waals surface area contributed by atoms with Crippen LogP contribution in [-0.4, -0.2) is 48.8 Å². The van der Waals surface area contributed by atoms with Crippen LogP contribution in [0.3, 0.4) is 0 Å². The summed E-state index contributed by atoms with van der Waals surface area (Å²) in [4.78, 5) is 16.7. The van der Waals surface area contributed by atoms with Gasteiger partial charge in [-0.2, -0.15) is 23.4 Å². The van der Waals surface area contributed by atoms with Crippen molar-refractivity contribution >= 4 is 23.2 Å². The molecule has 3 rings (SSSR count). The molecule has 0 radical (unpaired) electrons. The number of aliphatic hydroxyl groups is 1. The Morgan fingerprint density at radius 3 is 2.62 bits per heavy atom. The molecule has 14 heteroatoms. The number of carbonyl (C=O) groups excluding carboxylic acids is 1. The number of aromatic amines is 1. The highest BCUT2D eigenvalue weighted by atomic mass is 35.5. The number of benzene rings is 1. The Hall–Kier alpha value is -3.19. The SMILES string of the molecule is Cc1[nH]nc(Cl)c1NC(=O)c1cc(F)c(-c2nc(C(C)O)n(C)n2)cc1OCC(F)(F)F. The fourth-order valence-electron chi connectivity index (χ4n) is 2.78. The number of hydrogen-bond acceptors (Lipinski definition) is 6. The summed E-state index contributed by atoms with van der Waals surface area (Å²) in [5.41, 5.74) is -0.380. The van der Waals surface area contributed by atoms with Crippen molar-refractivity contribution in [3.63, 3.8) is 0 Å². The molecule has 1 unspecified atom stereocenters. The molecule has 0 fully saturated rings. The van der Waals surface area contributed by atoms with Gasteiger partial charge in [-0.05, 0) is 26.0 Å². The van der Waals surface area contributed by atoms with Gasteiger partial charge in [-0.15, -0.1) is 0 Å². The van der Waals surface area contributed by atoms with Crippen molar-refractivity contribution in [3.8, 4) is 17.1 Å². The Kier molecular flexibility index (Phi) is 6.41. The van der Waals surface area contributed by atoms with Crippen LogP contribution in [-0.2, 0) is 7.05 Å². The Bertz CT molecular complexity index is 1140. The molecule has 0 aliphatic heterocycles. The van der Waals surface area contributed by atoms with Crippen molar-refractivity contribution in [2.24, 2.45) is 7.05 Å². The van der Waals surface area contributed by atoms with Crippen molar-refractivity contribution in [2.45, 2.75) is 26.1 Å². The predicted molar refractivity (Wildman–Crippen MR) is 105 cm³/mol. The van der Waals surface area contributed by atoms with Gasteiger partial charge in [0, 0.05) is 7.05 Å². The second-order valence-electron chi connectivity index (χ2n) is 6.79. The average molecular weight is 477 g/mol. The molecule has 172 valence electrons. The fraction of sp³-hybridized carbons (Fsp3) is 0.333. The van der Waals surface area contributed by atoms with Gasteiger partial charge >= 0.3 is 6.18 Å². The molecule has 0 aliphatic rings.